The predicted octanol–water partition coefficient (Wildman–Crippen LogP) is 2.49. The maximum Gasteiger partial charge on any atom is 0.125 e. The zero-order chi connectivity index (χ0) is 13.7. The van der Waals surface area contributed by atoms with Gasteiger partial charge in [-0.15, -0.1) is 0 Å². The second-order valence-corrected chi connectivity index (χ2v) is 4.25. The number of hydrogen-bond donors (Lipinski definition) is 1. The molecule has 19 heavy (non-hydrogen) atoms. The molecule has 1 aromatic carbocycles. The summed E-state index contributed by atoms with van der Waals surface area (Å²) >= 11 is 0. The first-order valence-electron chi connectivity index (χ1n) is 6.44. The Labute approximate surface area is 113 Å². The van der Waals surface area contributed by atoms with Crippen molar-refractivity contribution < 1.29 is 4.74 Å². The highest BCUT2D eigenvalue weighted by Gasteiger charge is 2.13. The number of aromatic nitrogens is 2. The molecule has 0 fully saturated rings. The maximum atomic E-state index is 5.45. The van der Waals surface area contributed by atoms with Gasteiger partial charge in [0.05, 0.1) is 18.3 Å². The molecule has 0 bridgehead atoms. The molecule has 1 N–H and O–H groups in total. The molecule has 0 aliphatic rings. The molecule has 1 atom stereocenters. The van der Waals surface area contributed by atoms with Gasteiger partial charge in [0.25, 0.3) is 0 Å². The molecule has 2 rings (SSSR count). The Kier molecular flexibility index (Phi) is 4.47. The van der Waals surface area contributed by atoms with Crippen LogP contribution in [0.3, 0.4) is 0 Å². The van der Waals surface area contributed by atoms with Crippen molar-refractivity contribution in [2.24, 2.45) is 0 Å². The van der Waals surface area contributed by atoms with Crippen molar-refractivity contribution in [3.05, 3.63) is 53.6 Å². The van der Waals surface area contributed by atoms with Crippen LogP contribution in [0.4, 0.5) is 0 Å². The van der Waals surface area contributed by atoms with Crippen molar-refractivity contribution in [1.29, 1.82) is 0 Å². The van der Waals surface area contributed by atoms with Crippen LogP contribution in [0, 0.1) is 6.92 Å². The molecule has 4 heteroatoms. The molecular formula is C15H19N3O. The fourth-order valence-corrected chi connectivity index (χ4v) is 2.04. The molecule has 1 aromatic heterocycles. The third kappa shape index (κ3) is 3.29. The van der Waals surface area contributed by atoms with Gasteiger partial charge in [-0.05, 0) is 44.7 Å². The summed E-state index contributed by atoms with van der Waals surface area (Å²) in [6.07, 6.45) is 1.79. The van der Waals surface area contributed by atoms with Gasteiger partial charge in [-0.25, -0.2) is 9.97 Å². The van der Waals surface area contributed by atoms with E-state index in [0.717, 1.165) is 22.8 Å². The monoisotopic (exact) mass is 257 g/mol. The zero-order valence-electron chi connectivity index (χ0n) is 11.6. The lowest BCUT2D eigenvalue weighted by Crippen LogP contribution is -2.19. The summed E-state index contributed by atoms with van der Waals surface area (Å²) < 4.78 is 5.45. The highest BCUT2D eigenvalue weighted by molar-refractivity contribution is 5.33. The largest absolute Gasteiger partial charge is 0.494 e. The second-order valence-electron chi connectivity index (χ2n) is 4.25. The van der Waals surface area contributed by atoms with Gasteiger partial charge in [0.15, 0.2) is 0 Å². The average Bonchev–Trinajstić information content (AvgIpc) is 2.42. The van der Waals surface area contributed by atoms with Crippen molar-refractivity contribution in [3.8, 4) is 5.75 Å². The molecule has 0 spiro atoms. The van der Waals surface area contributed by atoms with E-state index in [2.05, 4.69) is 27.4 Å². The molecule has 0 radical (unpaired) electrons. The summed E-state index contributed by atoms with van der Waals surface area (Å²) in [5, 5.41) is 3.28. The number of benzene rings is 1. The van der Waals surface area contributed by atoms with Crippen molar-refractivity contribution in [2.45, 2.75) is 19.9 Å². The summed E-state index contributed by atoms with van der Waals surface area (Å²) in [6.45, 7) is 4.56. The molecule has 0 aliphatic heterocycles. The quantitative estimate of drug-likeness (QED) is 0.894. The van der Waals surface area contributed by atoms with Gasteiger partial charge in [0.1, 0.15) is 11.6 Å². The fourth-order valence-electron chi connectivity index (χ4n) is 2.04. The van der Waals surface area contributed by atoms with Crippen LogP contribution in [0.5, 0.6) is 5.75 Å². The molecular weight excluding hydrogens is 238 g/mol. The Morgan fingerprint density at radius 1 is 1.21 bits per heavy atom. The lowest BCUT2D eigenvalue weighted by atomic mass is 10.0. The summed E-state index contributed by atoms with van der Waals surface area (Å²) in [6, 6.07) is 10.1. The highest BCUT2D eigenvalue weighted by Crippen LogP contribution is 2.22. The van der Waals surface area contributed by atoms with E-state index >= 15 is 0 Å². The first-order chi connectivity index (χ1) is 9.24. The van der Waals surface area contributed by atoms with Gasteiger partial charge in [-0.3, -0.25) is 0 Å². The minimum absolute atomic E-state index is 0.0670. The van der Waals surface area contributed by atoms with Crippen LogP contribution in [-0.4, -0.2) is 23.6 Å². The van der Waals surface area contributed by atoms with Crippen molar-refractivity contribution in [1.82, 2.24) is 15.3 Å². The summed E-state index contributed by atoms with van der Waals surface area (Å²) in [5.74, 6) is 1.67. The smallest absolute Gasteiger partial charge is 0.125 e. The molecule has 1 unspecified atom stereocenters. The van der Waals surface area contributed by atoms with E-state index in [0.29, 0.717) is 6.61 Å². The van der Waals surface area contributed by atoms with E-state index in [-0.39, 0.29) is 6.04 Å². The van der Waals surface area contributed by atoms with Crippen LogP contribution >= 0.6 is 0 Å². The predicted molar refractivity (Wildman–Crippen MR) is 75.3 cm³/mol. The van der Waals surface area contributed by atoms with E-state index in [9.17, 15) is 0 Å². The molecule has 0 saturated carbocycles. The Hall–Kier alpha value is -1.94. The van der Waals surface area contributed by atoms with Gasteiger partial charge in [0.2, 0.25) is 0 Å². The van der Waals surface area contributed by atoms with Gasteiger partial charge >= 0.3 is 0 Å². The maximum absolute atomic E-state index is 5.45. The lowest BCUT2D eigenvalue weighted by molar-refractivity contribution is 0.340. The van der Waals surface area contributed by atoms with Crippen LogP contribution in [0.1, 0.15) is 30.0 Å². The third-order valence-corrected chi connectivity index (χ3v) is 2.91. The van der Waals surface area contributed by atoms with Gasteiger partial charge in [0, 0.05) is 6.20 Å². The van der Waals surface area contributed by atoms with Crippen LogP contribution in [0.15, 0.2) is 36.5 Å². The number of nitrogens with zero attached hydrogens (tertiary/aromatic N) is 2. The summed E-state index contributed by atoms with van der Waals surface area (Å²) in [7, 11) is 1.93. The fraction of sp³-hybridized carbons (Fsp3) is 0.333. The van der Waals surface area contributed by atoms with Gasteiger partial charge in [-0.1, -0.05) is 12.1 Å². The van der Waals surface area contributed by atoms with E-state index in [4.69, 9.17) is 4.74 Å². The Bertz CT molecular complexity index is 525. The Morgan fingerprint density at radius 2 is 1.95 bits per heavy atom. The number of nitrogens with one attached hydrogen (secondary N) is 1. The molecule has 2 aromatic rings. The number of aryl methyl sites for hydroxylation is 1. The number of rotatable bonds is 5. The van der Waals surface area contributed by atoms with Crippen LogP contribution < -0.4 is 10.1 Å². The van der Waals surface area contributed by atoms with Crippen molar-refractivity contribution in [3.63, 3.8) is 0 Å². The molecule has 1 heterocycles. The van der Waals surface area contributed by atoms with Gasteiger partial charge < -0.3 is 10.1 Å². The van der Waals surface area contributed by atoms with E-state index in [1.807, 2.05) is 39.1 Å². The van der Waals surface area contributed by atoms with Crippen LogP contribution in [-0.2, 0) is 0 Å². The minimum Gasteiger partial charge on any atom is -0.494 e. The first kappa shape index (κ1) is 13.5. The highest BCUT2D eigenvalue weighted by atomic mass is 16.5. The van der Waals surface area contributed by atoms with E-state index < -0.39 is 0 Å². The van der Waals surface area contributed by atoms with Crippen LogP contribution in [0.25, 0.3) is 0 Å². The summed E-state index contributed by atoms with van der Waals surface area (Å²) in [4.78, 5) is 8.60. The normalized spacial score (nSPS) is 12.2. The Balaban J connectivity index is 2.26. The zero-order valence-corrected chi connectivity index (χ0v) is 11.6. The van der Waals surface area contributed by atoms with E-state index in [1.54, 1.807) is 6.20 Å². The van der Waals surface area contributed by atoms with Crippen molar-refractivity contribution in [2.75, 3.05) is 13.7 Å². The SMILES string of the molecule is CCOc1ccc(C(NC)c2ccnc(C)n2)cc1. The number of hydrogen-bond acceptors (Lipinski definition) is 4. The molecule has 0 aliphatic carbocycles. The topological polar surface area (TPSA) is 47.0 Å². The molecule has 0 saturated heterocycles. The van der Waals surface area contributed by atoms with Gasteiger partial charge in [-0.2, -0.15) is 0 Å². The molecule has 100 valence electrons. The lowest BCUT2D eigenvalue weighted by Gasteiger charge is -2.16. The number of ether oxygens (including phenoxy) is 1. The first-order valence-corrected chi connectivity index (χ1v) is 6.44. The average molecular weight is 257 g/mol. The van der Waals surface area contributed by atoms with Crippen LogP contribution in [0.2, 0.25) is 0 Å². The van der Waals surface area contributed by atoms with Crippen molar-refractivity contribution >= 4 is 0 Å². The Morgan fingerprint density at radius 3 is 2.53 bits per heavy atom. The minimum atomic E-state index is 0.0670. The summed E-state index contributed by atoms with van der Waals surface area (Å²) in [5.41, 5.74) is 2.13. The van der Waals surface area contributed by atoms with E-state index in [1.165, 1.54) is 0 Å². The third-order valence-electron chi connectivity index (χ3n) is 2.91. The molecule has 0 amide bonds. The molecule has 4 nitrogen and oxygen atoms in total. The standard InChI is InChI=1S/C15H19N3O/c1-4-19-13-7-5-12(6-8-13)15(16-3)14-9-10-17-11(2)18-14/h5-10,15-16H,4H2,1-3H3. The second kappa shape index (κ2) is 6.29.